The monoisotopic (exact) mass is 363 g/mol. The number of nitrogens with zero attached hydrogens (tertiary/aromatic N) is 1. The number of pyridine rings is 1. The molecule has 136 valence electrons. The minimum Gasteiger partial charge on any atom is -0.468 e. The molecule has 0 unspecified atom stereocenters. The molecule has 0 radical (unpaired) electrons. The molecule has 0 spiro atoms. The highest BCUT2D eigenvalue weighted by Gasteiger charge is 2.28. The normalized spacial score (nSPS) is 11.5. The van der Waals surface area contributed by atoms with Crippen molar-refractivity contribution in [2.45, 2.75) is 19.5 Å². The largest absolute Gasteiger partial charge is 0.468 e. The number of hydrogen-bond donors (Lipinski definition) is 2. The first-order chi connectivity index (χ1) is 12.3. The third-order valence-corrected chi connectivity index (χ3v) is 3.59. The highest BCUT2D eigenvalue weighted by molar-refractivity contribution is 5.93. The number of nitrogens with one attached hydrogen (secondary N) is 2. The second-order valence-electron chi connectivity index (χ2n) is 5.89. The Morgan fingerprint density at radius 1 is 1.23 bits per heavy atom. The standard InChI is InChI=1S/C18H16F3N3O2/c1-11-6-13-7-12(2-4-15(13)23-11)8-16(25)24-14-3-5-17(22-9-14)26-10-18(19,20)21/h2-7,9,23H,8,10H2,1H3,(H,24,25). The van der Waals surface area contributed by atoms with Gasteiger partial charge in [0.15, 0.2) is 6.61 Å². The van der Waals surface area contributed by atoms with Gasteiger partial charge in [0.1, 0.15) is 0 Å². The van der Waals surface area contributed by atoms with E-state index in [0.29, 0.717) is 5.69 Å². The van der Waals surface area contributed by atoms with Gasteiger partial charge in [-0.25, -0.2) is 4.98 Å². The van der Waals surface area contributed by atoms with Gasteiger partial charge in [-0.15, -0.1) is 0 Å². The van der Waals surface area contributed by atoms with E-state index < -0.39 is 12.8 Å². The minimum atomic E-state index is -4.42. The maximum absolute atomic E-state index is 12.1. The van der Waals surface area contributed by atoms with E-state index in [9.17, 15) is 18.0 Å². The summed E-state index contributed by atoms with van der Waals surface area (Å²) in [6.45, 7) is 0.550. The molecule has 3 aromatic rings. The van der Waals surface area contributed by atoms with Crippen LogP contribution in [0.15, 0.2) is 42.6 Å². The van der Waals surface area contributed by atoms with Crippen LogP contribution in [0.2, 0.25) is 0 Å². The van der Waals surface area contributed by atoms with Crippen LogP contribution in [0.25, 0.3) is 10.9 Å². The van der Waals surface area contributed by atoms with Gasteiger partial charge in [-0.2, -0.15) is 13.2 Å². The number of aromatic amines is 1. The second kappa shape index (κ2) is 7.07. The zero-order valence-electron chi connectivity index (χ0n) is 13.9. The molecule has 0 aliphatic rings. The Bertz CT molecular complexity index is 918. The Balaban J connectivity index is 1.58. The number of aromatic nitrogens is 2. The molecule has 1 amide bonds. The summed E-state index contributed by atoms with van der Waals surface area (Å²) in [5.74, 6) is -0.407. The minimum absolute atomic E-state index is 0.159. The Morgan fingerprint density at radius 3 is 2.73 bits per heavy atom. The average molecular weight is 363 g/mol. The lowest BCUT2D eigenvalue weighted by Crippen LogP contribution is -2.19. The second-order valence-corrected chi connectivity index (χ2v) is 5.89. The maximum atomic E-state index is 12.1. The third kappa shape index (κ3) is 4.75. The van der Waals surface area contributed by atoms with Crippen LogP contribution in [0, 0.1) is 6.92 Å². The molecule has 2 aromatic heterocycles. The fourth-order valence-corrected chi connectivity index (χ4v) is 2.52. The van der Waals surface area contributed by atoms with Crippen LogP contribution in [0.3, 0.4) is 0 Å². The molecule has 2 N–H and O–H groups in total. The van der Waals surface area contributed by atoms with Crippen LogP contribution in [-0.4, -0.2) is 28.7 Å². The number of rotatable bonds is 5. The zero-order valence-corrected chi connectivity index (χ0v) is 13.9. The predicted molar refractivity (Wildman–Crippen MR) is 91.2 cm³/mol. The summed E-state index contributed by atoms with van der Waals surface area (Å²) in [5.41, 5.74) is 3.28. The Labute approximate surface area is 147 Å². The number of carbonyl (C=O) groups is 1. The van der Waals surface area contributed by atoms with Crippen molar-refractivity contribution >= 4 is 22.5 Å². The number of ether oxygens (including phenoxy) is 1. The lowest BCUT2D eigenvalue weighted by molar-refractivity contribution is -0.154. The van der Waals surface area contributed by atoms with Crippen molar-refractivity contribution in [1.82, 2.24) is 9.97 Å². The summed E-state index contributed by atoms with van der Waals surface area (Å²) >= 11 is 0. The van der Waals surface area contributed by atoms with Gasteiger partial charge in [-0.3, -0.25) is 4.79 Å². The van der Waals surface area contributed by atoms with Crippen molar-refractivity contribution in [2.24, 2.45) is 0 Å². The molecule has 0 bridgehead atoms. The van der Waals surface area contributed by atoms with Crippen molar-refractivity contribution in [3.05, 3.63) is 53.9 Å². The average Bonchev–Trinajstić information content (AvgIpc) is 2.92. The fraction of sp³-hybridized carbons (Fsp3) is 0.222. The van der Waals surface area contributed by atoms with Crippen LogP contribution < -0.4 is 10.1 Å². The summed E-state index contributed by atoms with van der Waals surface area (Å²) in [5, 5.41) is 3.68. The summed E-state index contributed by atoms with van der Waals surface area (Å²) in [6.07, 6.45) is -3.00. The quantitative estimate of drug-likeness (QED) is 0.720. The van der Waals surface area contributed by atoms with E-state index in [2.05, 4.69) is 20.0 Å². The van der Waals surface area contributed by atoms with Gasteiger partial charge in [-0.05, 0) is 42.1 Å². The number of benzene rings is 1. The van der Waals surface area contributed by atoms with Gasteiger partial charge in [-0.1, -0.05) is 6.07 Å². The van der Waals surface area contributed by atoms with E-state index >= 15 is 0 Å². The Kier molecular flexibility index (Phi) is 4.83. The fourth-order valence-electron chi connectivity index (χ4n) is 2.52. The van der Waals surface area contributed by atoms with Crippen LogP contribution in [0.1, 0.15) is 11.3 Å². The highest BCUT2D eigenvalue weighted by Crippen LogP contribution is 2.19. The lowest BCUT2D eigenvalue weighted by atomic mass is 10.1. The van der Waals surface area contributed by atoms with Crippen LogP contribution in [0.5, 0.6) is 5.88 Å². The van der Waals surface area contributed by atoms with Crippen LogP contribution in [0.4, 0.5) is 18.9 Å². The highest BCUT2D eigenvalue weighted by atomic mass is 19.4. The molecule has 2 heterocycles. The number of anilines is 1. The van der Waals surface area contributed by atoms with Crippen molar-refractivity contribution in [3.8, 4) is 5.88 Å². The van der Waals surface area contributed by atoms with Gasteiger partial charge >= 0.3 is 6.18 Å². The topological polar surface area (TPSA) is 67.0 Å². The maximum Gasteiger partial charge on any atom is 0.422 e. The van der Waals surface area contributed by atoms with E-state index in [1.807, 2.05) is 31.2 Å². The number of carbonyl (C=O) groups excluding carboxylic acids is 1. The summed E-state index contributed by atoms with van der Waals surface area (Å²) in [7, 11) is 0. The first-order valence-corrected chi connectivity index (χ1v) is 7.82. The van der Waals surface area contributed by atoms with Gasteiger partial charge < -0.3 is 15.0 Å². The number of alkyl halides is 3. The summed E-state index contributed by atoms with van der Waals surface area (Å²) < 4.78 is 40.8. The SMILES string of the molecule is Cc1cc2cc(CC(=O)Nc3ccc(OCC(F)(F)F)nc3)ccc2[nH]1. The van der Waals surface area contributed by atoms with Crippen molar-refractivity contribution in [1.29, 1.82) is 0 Å². The Morgan fingerprint density at radius 2 is 2.04 bits per heavy atom. The number of fused-ring (bicyclic) bond motifs is 1. The molecular weight excluding hydrogens is 347 g/mol. The Hall–Kier alpha value is -3.03. The summed E-state index contributed by atoms with van der Waals surface area (Å²) in [4.78, 5) is 19.1. The first-order valence-electron chi connectivity index (χ1n) is 7.82. The number of H-pyrrole nitrogens is 1. The van der Waals surface area contributed by atoms with Crippen LogP contribution >= 0.6 is 0 Å². The smallest absolute Gasteiger partial charge is 0.422 e. The first kappa shape index (κ1) is 17.8. The van der Waals surface area contributed by atoms with Crippen molar-refractivity contribution in [3.63, 3.8) is 0 Å². The number of halogens is 3. The molecule has 8 heteroatoms. The molecule has 26 heavy (non-hydrogen) atoms. The molecule has 1 aromatic carbocycles. The van der Waals surface area contributed by atoms with E-state index in [1.165, 1.54) is 18.3 Å². The molecule has 0 fully saturated rings. The predicted octanol–water partition coefficient (Wildman–Crippen LogP) is 3.99. The number of aryl methyl sites for hydroxylation is 1. The molecule has 0 saturated heterocycles. The van der Waals surface area contributed by atoms with Gasteiger partial charge in [0, 0.05) is 17.3 Å². The van der Waals surface area contributed by atoms with Gasteiger partial charge in [0.25, 0.3) is 0 Å². The number of hydrogen-bond acceptors (Lipinski definition) is 3. The number of amides is 1. The molecule has 0 saturated carbocycles. The van der Waals surface area contributed by atoms with Crippen molar-refractivity contribution in [2.75, 3.05) is 11.9 Å². The van der Waals surface area contributed by atoms with Crippen molar-refractivity contribution < 1.29 is 22.7 Å². The molecule has 0 atom stereocenters. The molecule has 5 nitrogen and oxygen atoms in total. The van der Waals surface area contributed by atoms with Gasteiger partial charge in [0.2, 0.25) is 11.8 Å². The van der Waals surface area contributed by atoms with E-state index in [0.717, 1.165) is 22.2 Å². The summed E-state index contributed by atoms with van der Waals surface area (Å²) in [6, 6.07) is 10.4. The molecular formula is C18H16F3N3O2. The van der Waals surface area contributed by atoms with E-state index in [4.69, 9.17) is 0 Å². The van der Waals surface area contributed by atoms with Gasteiger partial charge in [0.05, 0.1) is 18.3 Å². The lowest BCUT2D eigenvalue weighted by Gasteiger charge is -2.09. The molecule has 0 aliphatic carbocycles. The molecule has 0 aliphatic heterocycles. The van der Waals surface area contributed by atoms with Crippen LogP contribution in [-0.2, 0) is 11.2 Å². The van der Waals surface area contributed by atoms with E-state index in [-0.39, 0.29) is 18.2 Å². The third-order valence-electron chi connectivity index (χ3n) is 3.59. The van der Waals surface area contributed by atoms with E-state index in [1.54, 1.807) is 0 Å². The molecule has 3 rings (SSSR count). The zero-order chi connectivity index (χ0) is 18.7.